The van der Waals surface area contributed by atoms with Gasteiger partial charge in [-0.2, -0.15) is 0 Å². The van der Waals surface area contributed by atoms with E-state index in [4.69, 9.17) is 12.2 Å². The quantitative estimate of drug-likeness (QED) is 0.499. The Labute approximate surface area is 130 Å². The summed E-state index contributed by atoms with van der Waals surface area (Å²) in [6.45, 7) is 2.13. The smallest absolute Gasteiger partial charge is 0.245 e. The van der Waals surface area contributed by atoms with Gasteiger partial charge in [0.2, 0.25) is 11.8 Å². The standard InChI is InChI=1S/C16H20N2O2S/c1-2-3-4-8-11-13-14(19)17-16(21)18(15(13)20)12-9-6-5-7-10-12/h5-7,9-10,13H,2-4,8,11H2,1H3,(H,17,19,21). The summed E-state index contributed by atoms with van der Waals surface area (Å²) in [5.74, 6) is -1.12. The zero-order valence-electron chi connectivity index (χ0n) is 12.2. The SMILES string of the molecule is CCCCCCC1C(=O)NC(=S)N(c2ccccc2)C1=O. The van der Waals surface area contributed by atoms with Crippen LogP contribution >= 0.6 is 12.2 Å². The van der Waals surface area contributed by atoms with E-state index in [1.54, 1.807) is 0 Å². The zero-order chi connectivity index (χ0) is 15.2. The molecule has 0 bridgehead atoms. The average molecular weight is 304 g/mol. The van der Waals surface area contributed by atoms with E-state index in [9.17, 15) is 9.59 Å². The number of rotatable bonds is 6. The fourth-order valence-corrected chi connectivity index (χ4v) is 2.76. The molecule has 1 aliphatic rings. The molecule has 1 saturated heterocycles. The number of unbranched alkanes of at least 4 members (excludes halogenated alkanes) is 3. The largest absolute Gasteiger partial charge is 0.302 e. The number of carbonyl (C=O) groups excluding carboxylic acids is 2. The summed E-state index contributed by atoms with van der Waals surface area (Å²) in [4.78, 5) is 26.0. The Morgan fingerprint density at radius 2 is 1.86 bits per heavy atom. The number of hydrogen-bond acceptors (Lipinski definition) is 3. The molecule has 0 aromatic heterocycles. The van der Waals surface area contributed by atoms with Gasteiger partial charge in [0.25, 0.3) is 0 Å². The summed E-state index contributed by atoms with van der Waals surface area (Å²) in [6, 6.07) is 9.20. The summed E-state index contributed by atoms with van der Waals surface area (Å²) in [6.07, 6.45) is 4.77. The predicted molar refractivity (Wildman–Crippen MR) is 86.9 cm³/mol. The molecule has 1 fully saturated rings. The minimum atomic E-state index is -0.631. The Hall–Kier alpha value is -1.75. The first-order valence-electron chi connectivity index (χ1n) is 7.39. The maximum Gasteiger partial charge on any atom is 0.245 e. The molecule has 1 aromatic rings. The lowest BCUT2D eigenvalue weighted by Gasteiger charge is -2.32. The summed E-state index contributed by atoms with van der Waals surface area (Å²) >= 11 is 5.14. The highest BCUT2D eigenvalue weighted by Crippen LogP contribution is 2.23. The fraction of sp³-hybridized carbons (Fsp3) is 0.438. The van der Waals surface area contributed by atoms with Crippen LogP contribution in [0.15, 0.2) is 30.3 Å². The van der Waals surface area contributed by atoms with E-state index in [1.807, 2.05) is 30.3 Å². The number of para-hydroxylation sites is 1. The molecule has 112 valence electrons. The van der Waals surface area contributed by atoms with Crippen molar-refractivity contribution in [3.63, 3.8) is 0 Å². The molecule has 4 nitrogen and oxygen atoms in total. The van der Waals surface area contributed by atoms with Crippen LogP contribution < -0.4 is 10.2 Å². The number of nitrogens with zero attached hydrogens (tertiary/aromatic N) is 1. The summed E-state index contributed by atoms with van der Waals surface area (Å²) in [5, 5.41) is 2.81. The molecule has 0 spiro atoms. The number of nitrogens with one attached hydrogen (secondary N) is 1. The van der Waals surface area contributed by atoms with Gasteiger partial charge in [0.05, 0.1) is 5.69 Å². The first-order chi connectivity index (χ1) is 10.1. The minimum Gasteiger partial charge on any atom is -0.302 e. The van der Waals surface area contributed by atoms with Crippen LogP contribution in [-0.4, -0.2) is 16.9 Å². The third kappa shape index (κ3) is 3.67. The van der Waals surface area contributed by atoms with Crippen LogP contribution in [0.25, 0.3) is 0 Å². The Balaban J connectivity index is 2.10. The fourth-order valence-electron chi connectivity index (χ4n) is 2.47. The maximum atomic E-state index is 12.6. The second kappa shape index (κ2) is 7.31. The van der Waals surface area contributed by atoms with Gasteiger partial charge in [-0.3, -0.25) is 14.5 Å². The van der Waals surface area contributed by atoms with Gasteiger partial charge in [0, 0.05) is 0 Å². The van der Waals surface area contributed by atoms with Crippen molar-refractivity contribution in [3.8, 4) is 0 Å². The molecule has 0 aliphatic carbocycles. The second-order valence-corrected chi connectivity index (χ2v) is 5.59. The summed E-state index contributed by atoms with van der Waals surface area (Å²) < 4.78 is 0. The van der Waals surface area contributed by atoms with Crippen molar-refractivity contribution in [2.24, 2.45) is 5.92 Å². The lowest BCUT2D eigenvalue weighted by molar-refractivity contribution is -0.134. The highest BCUT2D eigenvalue weighted by Gasteiger charge is 2.38. The number of benzene rings is 1. The van der Waals surface area contributed by atoms with Crippen molar-refractivity contribution in [2.75, 3.05) is 4.90 Å². The van der Waals surface area contributed by atoms with E-state index in [2.05, 4.69) is 12.2 Å². The zero-order valence-corrected chi connectivity index (χ0v) is 13.0. The number of thiocarbonyl (C=S) groups is 1. The van der Waals surface area contributed by atoms with Crippen molar-refractivity contribution >= 4 is 34.8 Å². The highest BCUT2D eigenvalue weighted by atomic mass is 32.1. The third-order valence-corrected chi connectivity index (χ3v) is 3.91. The Morgan fingerprint density at radius 3 is 2.52 bits per heavy atom. The number of anilines is 1. The molecule has 1 aliphatic heterocycles. The van der Waals surface area contributed by atoms with Gasteiger partial charge in [0.15, 0.2) is 5.11 Å². The van der Waals surface area contributed by atoms with Crippen molar-refractivity contribution in [2.45, 2.75) is 39.0 Å². The van der Waals surface area contributed by atoms with Gasteiger partial charge in [-0.1, -0.05) is 50.8 Å². The third-order valence-electron chi connectivity index (χ3n) is 3.63. The summed E-state index contributed by atoms with van der Waals surface area (Å²) in [5.41, 5.74) is 0.700. The molecule has 5 heteroatoms. The Bertz CT molecular complexity index is 530. The van der Waals surface area contributed by atoms with Gasteiger partial charge in [-0.15, -0.1) is 0 Å². The van der Waals surface area contributed by atoms with Crippen molar-refractivity contribution in [3.05, 3.63) is 30.3 Å². The van der Waals surface area contributed by atoms with Gasteiger partial charge >= 0.3 is 0 Å². The monoisotopic (exact) mass is 304 g/mol. The van der Waals surface area contributed by atoms with E-state index in [-0.39, 0.29) is 16.9 Å². The van der Waals surface area contributed by atoms with Crippen LogP contribution in [0.1, 0.15) is 39.0 Å². The van der Waals surface area contributed by atoms with E-state index < -0.39 is 5.92 Å². The minimum absolute atomic E-state index is 0.168. The number of carbonyl (C=O) groups is 2. The molecule has 0 saturated carbocycles. The number of hydrogen-bond donors (Lipinski definition) is 1. The van der Waals surface area contributed by atoms with Crippen molar-refractivity contribution < 1.29 is 9.59 Å². The number of amides is 2. The molecule has 0 radical (unpaired) electrons. The lowest BCUT2D eigenvalue weighted by Crippen LogP contribution is -2.58. The van der Waals surface area contributed by atoms with Gasteiger partial charge in [0.1, 0.15) is 5.92 Å². The molecular formula is C16H20N2O2S. The molecule has 2 rings (SSSR count). The molecule has 1 unspecified atom stereocenters. The molecule has 1 heterocycles. The van der Waals surface area contributed by atoms with Crippen LogP contribution in [0, 0.1) is 5.92 Å². The average Bonchev–Trinajstić information content (AvgIpc) is 2.47. The Morgan fingerprint density at radius 1 is 1.14 bits per heavy atom. The van der Waals surface area contributed by atoms with Crippen LogP contribution in [0.4, 0.5) is 5.69 Å². The van der Waals surface area contributed by atoms with Crippen LogP contribution in [0.5, 0.6) is 0 Å². The van der Waals surface area contributed by atoms with E-state index >= 15 is 0 Å². The lowest BCUT2D eigenvalue weighted by atomic mass is 9.96. The first-order valence-corrected chi connectivity index (χ1v) is 7.79. The van der Waals surface area contributed by atoms with Crippen LogP contribution in [0.2, 0.25) is 0 Å². The van der Waals surface area contributed by atoms with Crippen LogP contribution in [-0.2, 0) is 9.59 Å². The van der Waals surface area contributed by atoms with Crippen molar-refractivity contribution in [1.29, 1.82) is 0 Å². The van der Waals surface area contributed by atoms with Gasteiger partial charge < -0.3 is 5.32 Å². The summed E-state index contributed by atoms with van der Waals surface area (Å²) in [7, 11) is 0. The normalized spacial score (nSPS) is 18.8. The van der Waals surface area contributed by atoms with Crippen molar-refractivity contribution in [1.82, 2.24) is 5.32 Å². The molecule has 1 N–H and O–H groups in total. The molecule has 1 aromatic carbocycles. The van der Waals surface area contributed by atoms with Gasteiger partial charge in [-0.05, 0) is 30.8 Å². The predicted octanol–water partition coefficient (Wildman–Crippen LogP) is 3.02. The molecule has 2 amide bonds. The topological polar surface area (TPSA) is 49.4 Å². The molecule has 21 heavy (non-hydrogen) atoms. The molecule has 1 atom stereocenters. The molecular weight excluding hydrogens is 284 g/mol. The Kier molecular flexibility index (Phi) is 5.44. The van der Waals surface area contributed by atoms with E-state index in [0.717, 1.165) is 25.7 Å². The van der Waals surface area contributed by atoms with E-state index in [0.29, 0.717) is 12.1 Å². The van der Waals surface area contributed by atoms with Gasteiger partial charge in [-0.25, -0.2) is 0 Å². The first kappa shape index (κ1) is 15.6. The highest BCUT2D eigenvalue weighted by molar-refractivity contribution is 7.80. The second-order valence-electron chi connectivity index (χ2n) is 5.21. The maximum absolute atomic E-state index is 12.6. The van der Waals surface area contributed by atoms with Crippen LogP contribution in [0.3, 0.4) is 0 Å². The van der Waals surface area contributed by atoms with E-state index in [1.165, 1.54) is 4.90 Å².